The molecule has 0 atom stereocenters. The molecule has 2 aliphatic carbocycles. The molecule has 286 valence electrons. The van der Waals surface area contributed by atoms with Crippen molar-refractivity contribution in [2.24, 2.45) is 0 Å². The van der Waals surface area contributed by atoms with E-state index in [-0.39, 0.29) is 0 Å². The lowest BCUT2D eigenvalue weighted by atomic mass is 9.69. The van der Waals surface area contributed by atoms with Gasteiger partial charge in [0.15, 0.2) is 0 Å². The highest BCUT2D eigenvalue weighted by molar-refractivity contribution is 6.26. The van der Waals surface area contributed by atoms with Gasteiger partial charge in [-0.3, -0.25) is 0 Å². The summed E-state index contributed by atoms with van der Waals surface area (Å²) < 4.78 is 0. The Morgan fingerprint density at radius 1 is 0.274 bits per heavy atom. The summed E-state index contributed by atoms with van der Waals surface area (Å²) in [6.07, 6.45) is 0. The molecule has 12 aromatic rings. The third-order valence-corrected chi connectivity index (χ3v) is 14.5. The van der Waals surface area contributed by atoms with E-state index in [2.05, 4.69) is 219 Å². The Labute approximate surface area is 360 Å². The van der Waals surface area contributed by atoms with Gasteiger partial charge in [0.05, 0.1) is 5.41 Å². The number of aryl methyl sites for hydroxylation is 1. The van der Waals surface area contributed by atoms with Crippen LogP contribution < -0.4 is 0 Å². The Hall–Kier alpha value is -7.80. The molecule has 0 radical (unpaired) electrons. The number of hydrogen-bond donors (Lipinski definition) is 0. The third-order valence-electron chi connectivity index (χ3n) is 14.5. The molecule has 0 bridgehead atoms. The van der Waals surface area contributed by atoms with Gasteiger partial charge in [-0.2, -0.15) is 0 Å². The zero-order chi connectivity index (χ0) is 40.7. The number of benzene rings is 12. The van der Waals surface area contributed by atoms with Crippen molar-refractivity contribution in [2.75, 3.05) is 0 Å². The van der Waals surface area contributed by atoms with E-state index in [0.717, 1.165) is 0 Å². The highest BCUT2D eigenvalue weighted by Crippen LogP contribution is 2.63. The SMILES string of the molecule is Cc1ccc2c(-c3ccc(-c4cc5c6c(ccc7cccc(c76)C56c5ccccc5-c5ccccc56)c4)c4ccccc34)c3ccccc3c(-c3cccc4ccccc34)c2c1. The molecule has 0 heterocycles. The van der Waals surface area contributed by atoms with Crippen LogP contribution in [0.15, 0.2) is 212 Å². The summed E-state index contributed by atoms with van der Waals surface area (Å²) in [6, 6.07) is 80.5. The Morgan fingerprint density at radius 3 is 1.55 bits per heavy atom. The van der Waals surface area contributed by atoms with Gasteiger partial charge in [-0.25, -0.2) is 0 Å². The molecule has 0 aromatic heterocycles. The molecule has 0 N–H and O–H groups in total. The first-order chi connectivity index (χ1) is 30.7. The minimum atomic E-state index is -0.401. The highest BCUT2D eigenvalue weighted by Gasteiger charge is 2.50. The molecular weight excluding hydrogens is 745 g/mol. The quantitative estimate of drug-likeness (QED) is 0.124. The average molecular weight is 783 g/mol. The molecule has 0 nitrogen and oxygen atoms in total. The van der Waals surface area contributed by atoms with Crippen LogP contribution in [0.2, 0.25) is 0 Å². The van der Waals surface area contributed by atoms with Crippen molar-refractivity contribution in [2.45, 2.75) is 12.3 Å². The van der Waals surface area contributed by atoms with E-state index in [0.29, 0.717) is 0 Å². The molecular formula is C62H38. The fourth-order valence-electron chi connectivity index (χ4n) is 12.1. The minimum absolute atomic E-state index is 0.401. The van der Waals surface area contributed by atoms with Gasteiger partial charge in [0.25, 0.3) is 0 Å². The molecule has 2 aliphatic rings. The molecule has 0 saturated carbocycles. The van der Waals surface area contributed by atoms with Crippen molar-refractivity contribution >= 4 is 64.6 Å². The van der Waals surface area contributed by atoms with E-state index in [1.165, 1.54) is 137 Å². The topological polar surface area (TPSA) is 0 Å². The van der Waals surface area contributed by atoms with Crippen LogP contribution >= 0.6 is 0 Å². The van der Waals surface area contributed by atoms with Gasteiger partial charge in [-0.15, -0.1) is 0 Å². The maximum Gasteiger partial charge on any atom is 0.0726 e. The first-order valence-electron chi connectivity index (χ1n) is 21.8. The Balaban J connectivity index is 1.05. The van der Waals surface area contributed by atoms with Gasteiger partial charge >= 0.3 is 0 Å². The van der Waals surface area contributed by atoms with Gasteiger partial charge in [-0.05, 0) is 150 Å². The van der Waals surface area contributed by atoms with Crippen molar-refractivity contribution in [1.29, 1.82) is 0 Å². The van der Waals surface area contributed by atoms with Crippen molar-refractivity contribution in [3.63, 3.8) is 0 Å². The van der Waals surface area contributed by atoms with E-state index in [4.69, 9.17) is 0 Å². The lowest BCUT2D eigenvalue weighted by molar-refractivity contribution is 0.797. The van der Waals surface area contributed by atoms with Crippen LogP contribution in [0, 0.1) is 6.92 Å². The minimum Gasteiger partial charge on any atom is -0.0619 e. The lowest BCUT2D eigenvalue weighted by Crippen LogP contribution is -2.26. The second-order valence-corrected chi connectivity index (χ2v) is 17.5. The van der Waals surface area contributed by atoms with E-state index in [1.54, 1.807) is 0 Å². The molecule has 0 unspecified atom stereocenters. The molecule has 12 aromatic carbocycles. The van der Waals surface area contributed by atoms with Crippen LogP contribution in [-0.4, -0.2) is 0 Å². The second kappa shape index (κ2) is 12.4. The first kappa shape index (κ1) is 34.0. The normalized spacial score (nSPS) is 13.4. The Morgan fingerprint density at radius 2 is 0.774 bits per heavy atom. The van der Waals surface area contributed by atoms with Crippen molar-refractivity contribution < 1.29 is 0 Å². The number of rotatable bonds is 3. The van der Waals surface area contributed by atoms with Crippen LogP contribution in [0.5, 0.6) is 0 Å². The van der Waals surface area contributed by atoms with Crippen LogP contribution in [-0.2, 0) is 5.41 Å². The molecule has 0 aliphatic heterocycles. The molecule has 0 amide bonds. The van der Waals surface area contributed by atoms with Gasteiger partial charge in [-0.1, -0.05) is 206 Å². The van der Waals surface area contributed by atoms with E-state index >= 15 is 0 Å². The first-order valence-corrected chi connectivity index (χ1v) is 21.8. The monoisotopic (exact) mass is 782 g/mol. The lowest BCUT2D eigenvalue weighted by Gasteiger charge is -2.31. The summed E-state index contributed by atoms with van der Waals surface area (Å²) in [6.45, 7) is 2.22. The molecule has 0 fully saturated rings. The maximum absolute atomic E-state index is 2.55. The van der Waals surface area contributed by atoms with Crippen molar-refractivity contribution in [3.05, 3.63) is 240 Å². The van der Waals surface area contributed by atoms with Crippen LogP contribution in [0.1, 0.15) is 27.8 Å². The fraction of sp³-hybridized carbons (Fsp3) is 0.0323. The largest absolute Gasteiger partial charge is 0.0726 e. The summed E-state index contributed by atoms with van der Waals surface area (Å²) in [5.74, 6) is 0. The van der Waals surface area contributed by atoms with Gasteiger partial charge < -0.3 is 0 Å². The molecule has 0 heteroatoms. The summed E-state index contributed by atoms with van der Waals surface area (Å²) in [5, 5.41) is 15.5. The van der Waals surface area contributed by atoms with Crippen LogP contribution in [0.3, 0.4) is 0 Å². The zero-order valence-corrected chi connectivity index (χ0v) is 34.2. The smallest absolute Gasteiger partial charge is 0.0619 e. The van der Waals surface area contributed by atoms with E-state index in [1.807, 2.05) is 0 Å². The predicted octanol–water partition coefficient (Wildman–Crippen LogP) is 16.6. The molecule has 62 heavy (non-hydrogen) atoms. The number of hydrogen-bond acceptors (Lipinski definition) is 0. The molecule has 14 rings (SSSR count). The van der Waals surface area contributed by atoms with Crippen molar-refractivity contribution in [3.8, 4) is 44.5 Å². The van der Waals surface area contributed by atoms with E-state index < -0.39 is 5.41 Å². The standard InChI is InChI=1S/C62H38/c1-37-28-31-52-53(34-37)61(48-24-12-15-38-14-2-3-17-42(38)48)50-23-7-6-22-49(50)60(52)51-33-32-43(44-18-4-5-19-45(44)51)41-35-40-30-29-39-16-13-27-56-58(39)59(40)57(36-41)62(56)54-25-10-8-20-46(54)47-21-9-11-26-55(47)62/h2-36H,1H3. The Bertz CT molecular complexity index is 3890. The van der Waals surface area contributed by atoms with Crippen molar-refractivity contribution in [1.82, 2.24) is 0 Å². The summed E-state index contributed by atoms with van der Waals surface area (Å²) in [5.41, 5.74) is 16.7. The third kappa shape index (κ3) is 4.31. The fourth-order valence-corrected chi connectivity index (χ4v) is 12.1. The summed E-state index contributed by atoms with van der Waals surface area (Å²) in [7, 11) is 0. The van der Waals surface area contributed by atoms with Crippen LogP contribution in [0.4, 0.5) is 0 Å². The van der Waals surface area contributed by atoms with E-state index in [9.17, 15) is 0 Å². The predicted molar refractivity (Wildman–Crippen MR) is 263 cm³/mol. The highest BCUT2D eigenvalue weighted by atomic mass is 14.5. The zero-order valence-electron chi connectivity index (χ0n) is 34.2. The number of fused-ring (bicyclic) bond motifs is 11. The molecule has 1 spiro atoms. The maximum atomic E-state index is 2.55. The van der Waals surface area contributed by atoms with Gasteiger partial charge in [0.1, 0.15) is 0 Å². The summed E-state index contributed by atoms with van der Waals surface area (Å²) in [4.78, 5) is 0. The van der Waals surface area contributed by atoms with Gasteiger partial charge in [0.2, 0.25) is 0 Å². The summed E-state index contributed by atoms with van der Waals surface area (Å²) >= 11 is 0. The molecule has 0 saturated heterocycles. The van der Waals surface area contributed by atoms with Crippen LogP contribution in [0.25, 0.3) is 109 Å². The van der Waals surface area contributed by atoms with Gasteiger partial charge in [0, 0.05) is 0 Å². The second-order valence-electron chi connectivity index (χ2n) is 17.5. The average Bonchev–Trinajstić information content (AvgIpc) is 3.80. The Kier molecular flexibility index (Phi) is 6.78.